The number of carbonyl (C=O) groups excluding carboxylic acids is 1. The standard InChI is InChI=1S/C23H33N3O3S2/c27-21(24-23-13-17-10-18(14-23)12-19(11-17)15-23)25-6-3-22(16-25)4-7-26(8-5-22)31(28,29)20-2-1-9-30-20/h1-2,9,17-19H,3-8,10-16H2,(H,24,27). The van der Waals surface area contributed by atoms with Crippen LogP contribution in [0.15, 0.2) is 21.7 Å². The van der Waals surface area contributed by atoms with Gasteiger partial charge in [-0.05, 0) is 92.4 Å². The summed E-state index contributed by atoms with van der Waals surface area (Å²) in [5.41, 5.74) is 0.139. The third-order valence-electron chi connectivity index (χ3n) is 9.01. The highest BCUT2D eigenvalue weighted by molar-refractivity contribution is 7.91. The molecule has 3 heterocycles. The fourth-order valence-electron chi connectivity index (χ4n) is 7.82. The van der Waals surface area contributed by atoms with E-state index in [-0.39, 0.29) is 17.0 Å². The summed E-state index contributed by atoms with van der Waals surface area (Å²) in [5.74, 6) is 2.48. The van der Waals surface area contributed by atoms with Gasteiger partial charge in [0.25, 0.3) is 10.0 Å². The first-order valence-electron chi connectivity index (χ1n) is 12.0. The van der Waals surface area contributed by atoms with Gasteiger partial charge in [0.2, 0.25) is 0 Å². The molecule has 170 valence electrons. The van der Waals surface area contributed by atoms with Gasteiger partial charge in [-0.15, -0.1) is 11.3 Å². The molecule has 2 saturated heterocycles. The molecule has 4 bridgehead atoms. The molecule has 7 rings (SSSR count). The van der Waals surface area contributed by atoms with Crippen molar-refractivity contribution in [1.82, 2.24) is 14.5 Å². The van der Waals surface area contributed by atoms with Gasteiger partial charge in [-0.1, -0.05) is 6.07 Å². The van der Waals surface area contributed by atoms with Crippen molar-refractivity contribution in [3.05, 3.63) is 17.5 Å². The quantitative estimate of drug-likeness (QED) is 0.739. The van der Waals surface area contributed by atoms with Gasteiger partial charge in [0, 0.05) is 31.7 Å². The van der Waals surface area contributed by atoms with Crippen molar-refractivity contribution in [3.63, 3.8) is 0 Å². The molecule has 6 aliphatic rings. The van der Waals surface area contributed by atoms with Gasteiger partial charge in [0.1, 0.15) is 4.21 Å². The van der Waals surface area contributed by atoms with Crippen LogP contribution in [0.25, 0.3) is 0 Å². The summed E-state index contributed by atoms with van der Waals surface area (Å²) >= 11 is 1.29. The molecule has 1 aromatic rings. The Morgan fingerprint density at radius 1 is 1.00 bits per heavy atom. The lowest BCUT2D eigenvalue weighted by atomic mass is 9.53. The number of thiophene rings is 1. The number of rotatable bonds is 3. The van der Waals surface area contributed by atoms with Gasteiger partial charge >= 0.3 is 6.03 Å². The highest BCUT2D eigenvalue weighted by Gasteiger charge is 2.52. The topological polar surface area (TPSA) is 69.7 Å². The van der Waals surface area contributed by atoms with E-state index in [0.717, 1.165) is 50.1 Å². The Balaban J connectivity index is 1.08. The average molecular weight is 464 g/mol. The maximum atomic E-state index is 13.2. The predicted octanol–water partition coefficient (Wildman–Crippen LogP) is 3.90. The predicted molar refractivity (Wildman–Crippen MR) is 120 cm³/mol. The van der Waals surface area contributed by atoms with E-state index in [9.17, 15) is 13.2 Å². The van der Waals surface area contributed by atoms with E-state index in [2.05, 4.69) is 5.32 Å². The molecule has 6 nitrogen and oxygen atoms in total. The van der Waals surface area contributed by atoms with Crippen molar-refractivity contribution in [2.24, 2.45) is 23.2 Å². The lowest BCUT2D eigenvalue weighted by Crippen LogP contribution is -2.61. The molecular weight excluding hydrogens is 430 g/mol. The molecule has 8 heteroatoms. The molecule has 0 aromatic carbocycles. The molecule has 1 N–H and O–H groups in total. The lowest BCUT2D eigenvalue weighted by molar-refractivity contribution is -0.0155. The van der Waals surface area contributed by atoms with E-state index in [1.807, 2.05) is 10.3 Å². The molecule has 2 aliphatic heterocycles. The van der Waals surface area contributed by atoms with Crippen molar-refractivity contribution in [2.45, 2.75) is 67.5 Å². The normalized spacial score (nSPS) is 36.9. The van der Waals surface area contributed by atoms with Crippen LogP contribution >= 0.6 is 11.3 Å². The third kappa shape index (κ3) is 3.53. The summed E-state index contributed by atoms with van der Waals surface area (Å²) in [6.45, 7) is 2.70. The minimum absolute atomic E-state index is 0.0553. The van der Waals surface area contributed by atoms with Crippen LogP contribution in [0.4, 0.5) is 4.79 Å². The van der Waals surface area contributed by atoms with Gasteiger partial charge in [-0.3, -0.25) is 0 Å². The number of hydrogen-bond donors (Lipinski definition) is 1. The van der Waals surface area contributed by atoms with Gasteiger partial charge in [-0.25, -0.2) is 13.2 Å². The second-order valence-corrected chi connectivity index (χ2v) is 14.2. The van der Waals surface area contributed by atoms with Crippen molar-refractivity contribution in [1.29, 1.82) is 0 Å². The maximum absolute atomic E-state index is 13.2. The van der Waals surface area contributed by atoms with Crippen LogP contribution < -0.4 is 5.32 Å². The zero-order valence-corrected chi connectivity index (χ0v) is 19.7. The molecule has 1 spiro atoms. The number of piperidine rings is 1. The van der Waals surface area contributed by atoms with Crippen LogP contribution in [-0.2, 0) is 10.0 Å². The van der Waals surface area contributed by atoms with Crippen molar-refractivity contribution >= 4 is 27.4 Å². The molecular formula is C23H33N3O3S2. The lowest BCUT2D eigenvalue weighted by Gasteiger charge is -2.57. The second-order valence-electron chi connectivity index (χ2n) is 11.1. The molecule has 2 amide bonds. The summed E-state index contributed by atoms with van der Waals surface area (Å²) in [6, 6.07) is 3.61. The Kier molecular flexibility index (Phi) is 4.75. The number of likely N-dealkylation sites (tertiary alicyclic amines) is 1. The monoisotopic (exact) mass is 463 g/mol. The number of nitrogens with one attached hydrogen (secondary N) is 1. The number of hydrogen-bond acceptors (Lipinski definition) is 4. The first-order valence-corrected chi connectivity index (χ1v) is 14.3. The largest absolute Gasteiger partial charge is 0.333 e. The number of sulfonamides is 1. The van der Waals surface area contributed by atoms with Gasteiger partial charge in [-0.2, -0.15) is 4.31 Å². The Morgan fingerprint density at radius 3 is 2.19 bits per heavy atom. The van der Waals surface area contributed by atoms with Crippen molar-refractivity contribution in [2.75, 3.05) is 26.2 Å². The Morgan fingerprint density at radius 2 is 1.61 bits per heavy atom. The Hall–Kier alpha value is -1.12. The Labute approximate surface area is 189 Å². The number of carbonyl (C=O) groups is 1. The van der Waals surface area contributed by atoms with Crippen LogP contribution in [0.3, 0.4) is 0 Å². The SMILES string of the molecule is O=C(NC12CC3CC(CC(C3)C1)C2)N1CCC2(CCN(S(=O)(=O)c3cccs3)CC2)C1. The van der Waals surface area contributed by atoms with Crippen LogP contribution in [0.2, 0.25) is 0 Å². The van der Waals surface area contributed by atoms with Gasteiger partial charge in [0.15, 0.2) is 0 Å². The fourth-order valence-corrected chi connectivity index (χ4v) is 10.4. The molecule has 4 saturated carbocycles. The van der Waals surface area contributed by atoms with Crippen LogP contribution in [-0.4, -0.2) is 55.4 Å². The van der Waals surface area contributed by atoms with Crippen molar-refractivity contribution < 1.29 is 13.2 Å². The third-order valence-corrected chi connectivity index (χ3v) is 12.3. The first-order chi connectivity index (χ1) is 14.8. The summed E-state index contributed by atoms with van der Waals surface area (Å²) in [5, 5.41) is 5.34. The molecule has 0 atom stereocenters. The van der Waals surface area contributed by atoms with E-state index in [4.69, 9.17) is 0 Å². The summed E-state index contributed by atoms with van der Waals surface area (Å²) < 4.78 is 27.8. The highest BCUT2D eigenvalue weighted by Crippen LogP contribution is 2.55. The molecule has 0 radical (unpaired) electrons. The Bertz CT molecular complexity index is 915. The van der Waals surface area contributed by atoms with E-state index in [1.165, 1.54) is 49.9 Å². The zero-order chi connectivity index (χ0) is 21.3. The summed E-state index contributed by atoms with van der Waals surface area (Å²) in [4.78, 5) is 15.3. The fraction of sp³-hybridized carbons (Fsp3) is 0.783. The molecule has 1 aromatic heterocycles. The van der Waals surface area contributed by atoms with E-state index in [0.29, 0.717) is 17.3 Å². The number of nitrogens with zero attached hydrogens (tertiary/aromatic N) is 2. The van der Waals surface area contributed by atoms with Gasteiger partial charge < -0.3 is 10.2 Å². The number of urea groups is 1. The smallest absolute Gasteiger partial charge is 0.317 e. The van der Waals surface area contributed by atoms with Crippen LogP contribution in [0.1, 0.15) is 57.8 Å². The minimum atomic E-state index is -3.37. The van der Waals surface area contributed by atoms with E-state index < -0.39 is 10.0 Å². The highest BCUT2D eigenvalue weighted by atomic mass is 32.2. The molecule has 4 aliphatic carbocycles. The van der Waals surface area contributed by atoms with Crippen LogP contribution in [0, 0.1) is 23.2 Å². The molecule has 31 heavy (non-hydrogen) atoms. The second kappa shape index (κ2) is 7.19. The first kappa shape index (κ1) is 20.5. The molecule has 6 fully saturated rings. The van der Waals surface area contributed by atoms with Crippen LogP contribution in [0.5, 0.6) is 0 Å². The van der Waals surface area contributed by atoms with Gasteiger partial charge in [0.05, 0.1) is 0 Å². The molecule has 0 unspecified atom stereocenters. The van der Waals surface area contributed by atoms with E-state index in [1.54, 1.807) is 16.4 Å². The summed E-state index contributed by atoms with van der Waals surface area (Å²) in [6.07, 6.45) is 10.4. The minimum Gasteiger partial charge on any atom is -0.333 e. The van der Waals surface area contributed by atoms with E-state index >= 15 is 0 Å². The van der Waals surface area contributed by atoms with Crippen molar-refractivity contribution in [3.8, 4) is 0 Å². The average Bonchev–Trinajstić information content (AvgIpc) is 3.38. The maximum Gasteiger partial charge on any atom is 0.317 e. The zero-order valence-electron chi connectivity index (χ0n) is 18.1. The summed E-state index contributed by atoms with van der Waals surface area (Å²) in [7, 11) is -3.37. The number of amides is 2.